The Hall–Kier alpha value is -2.70. The molecular weight excluding hydrogens is 415 g/mol. The largest absolute Gasteiger partial charge is 0.490 e. The first-order valence-corrected chi connectivity index (χ1v) is 9.81. The fourth-order valence-corrected chi connectivity index (χ4v) is 3.28. The van der Waals surface area contributed by atoms with Gasteiger partial charge in [-0.1, -0.05) is 29.3 Å². The molecule has 2 aromatic rings. The third-order valence-electron chi connectivity index (χ3n) is 3.94. The van der Waals surface area contributed by atoms with Gasteiger partial charge in [-0.25, -0.2) is 9.69 Å². The van der Waals surface area contributed by atoms with Crippen molar-refractivity contribution in [2.45, 2.75) is 26.9 Å². The number of hydrogen-bond acceptors (Lipinski definition) is 4. The maximum Gasteiger partial charge on any atom is 0.333 e. The van der Waals surface area contributed by atoms with E-state index in [-0.39, 0.29) is 11.8 Å². The van der Waals surface area contributed by atoms with Crippen molar-refractivity contribution in [2.75, 3.05) is 11.5 Å². The second-order valence-electron chi connectivity index (χ2n) is 6.54. The lowest BCUT2D eigenvalue weighted by molar-refractivity contribution is -0.113. The highest BCUT2D eigenvalue weighted by Crippen LogP contribution is 2.38. The van der Waals surface area contributed by atoms with Crippen LogP contribution in [0.4, 0.5) is 10.5 Å². The summed E-state index contributed by atoms with van der Waals surface area (Å²) in [6, 6.07) is 9.32. The molecule has 1 saturated heterocycles. The quantitative estimate of drug-likeness (QED) is 0.496. The van der Waals surface area contributed by atoms with Crippen LogP contribution >= 0.6 is 23.2 Å². The third-order valence-corrected chi connectivity index (χ3v) is 4.46. The van der Waals surface area contributed by atoms with E-state index in [2.05, 4.69) is 5.32 Å². The molecule has 0 aromatic heterocycles. The second kappa shape index (κ2) is 8.76. The van der Waals surface area contributed by atoms with Gasteiger partial charge in [0.25, 0.3) is 5.91 Å². The predicted molar refractivity (Wildman–Crippen MR) is 114 cm³/mol. The van der Waals surface area contributed by atoms with Crippen LogP contribution < -0.4 is 19.7 Å². The van der Waals surface area contributed by atoms with Gasteiger partial charge >= 0.3 is 6.03 Å². The van der Waals surface area contributed by atoms with Crippen molar-refractivity contribution in [3.8, 4) is 11.5 Å². The minimum absolute atomic E-state index is 0.0853. The monoisotopic (exact) mass is 434 g/mol. The van der Waals surface area contributed by atoms with Crippen molar-refractivity contribution in [1.29, 1.82) is 0 Å². The number of ether oxygens (including phenoxy) is 2. The molecule has 3 rings (SSSR count). The topological polar surface area (TPSA) is 67.9 Å². The second-order valence-corrected chi connectivity index (χ2v) is 7.38. The summed E-state index contributed by atoms with van der Waals surface area (Å²) >= 11 is 12.4. The van der Waals surface area contributed by atoms with Crippen LogP contribution in [0, 0.1) is 0 Å². The molecule has 1 aliphatic heterocycles. The highest BCUT2D eigenvalue weighted by Gasteiger charge is 2.35. The van der Waals surface area contributed by atoms with Gasteiger partial charge in [-0.15, -0.1) is 0 Å². The Labute approximate surface area is 179 Å². The summed E-state index contributed by atoms with van der Waals surface area (Å²) in [7, 11) is 0. The number of imide groups is 1. The molecule has 0 radical (unpaired) electrons. The number of urea groups is 1. The predicted octanol–water partition coefficient (Wildman–Crippen LogP) is 5.28. The number of carbonyl (C=O) groups excluding carboxylic acids is 2. The molecule has 0 saturated carbocycles. The Morgan fingerprint density at radius 3 is 2.59 bits per heavy atom. The molecule has 1 N–H and O–H groups in total. The molecule has 2 aromatic carbocycles. The van der Waals surface area contributed by atoms with Gasteiger partial charge in [0, 0.05) is 5.02 Å². The fourth-order valence-electron chi connectivity index (χ4n) is 2.84. The average Bonchev–Trinajstić information content (AvgIpc) is 2.91. The van der Waals surface area contributed by atoms with Crippen LogP contribution in [-0.2, 0) is 4.79 Å². The maximum absolute atomic E-state index is 12.8. The first kappa shape index (κ1) is 21.0. The zero-order valence-electron chi connectivity index (χ0n) is 16.2. The summed E-state index contributed by atoms with van der Waals surface area (Å²) in [5, 5.41) is 3.35. The van der Waals surface area contributed by atoms with E-state index >= 15 is 0 Å². The van der Waals surface area contributed by atoms with E-state index in [1.807, 2.05) is 20.8 Å². The van der Waals surface area contributed by atoms with Crippen LogP contribution in [0.1, 0.15) is 26.3 Å². The summed E-state index contributed by atoms with van der Waals surface area (Å²) < 4.78 is 11.4. The molecule has 8 heteroatoms. The molecule has 6 nitrogen and oxygen atoms in total. The van der Waals surface area contributed by atoms with Gasteiger partial charge in [0.2, 0.25) is 0 Å². The first-order chi connectivity index (χ1) is 13.8. The molecule has 1 heterocycles. The van der Waals surface area contributed by atoms with Gasteiger partial charge in [-0.05, 0) is 62.7 Å². The highest BCUT2D eigenvalue weighted by atomic mass is 35.5. The van der Waals surface area contributed by atoms with Crippen molar-refractivity contribution in [3.63, 3.8) is 0 Å². The summed E-state index contributed by atoms with van der Waals surface area (Å²) in [6.45, 7) is 6.04. The van der Waals surface area contributed by atoms with Crippen molar-refractivity contribution < 1.29 is 19.1 Å². The van der Waals surface area contributed by atoms with E-state index in [9.17, 15) is 9.59 Å². The normalized spacial score (nSPS) is 15.2. The minimum Gasteiger partial charge on any atom is -0.490 e. The Balaban J connectivity index is 1.95. The number of halogens is 2. The van der Waals surface area contributed by atoms with E-state index < -0.39 is 11.9 Å². The van der Waals surface area contributed by atoms with Gasteiger partial charge in [0.15, 0.2) is 11.5 Å². The molecule has 1 aliphatic rings. The molecule has 0 unspecified atom stereocenters. The number of benzene rings is 2. The van der Waals surface area contributed by atoms with Crippen molar-refractivity contribution in [3.05, 3.63) is 57.7 Å². The summed E-state index contributed by atoms with van der Waals surface area (Å²) in [4.78, 5) is 26.2. The van der Waals surface area contributed by atoms with Gasteiger partial charge in [-0.2, -0.15) is 0 Å². The summed E-state index contributed by atoms with van der Waals surface area (Å²) in [5.41, 5.74) is 1.09. The molecule has 0 bridgehead atoms. The minimum atomic E-state index is -0.556. The Morgan fingerprint density at radius 1 is 1.17 bits per heavy atom. The molecule has 29 heavy (non-hydrogen) atoms. The summed E-state index contributed by atoms with van der Waals surface area (Å²) in [5.74, 6) is 0.408. The Kier molecular flexibility index (Phi) is 6.35. The van der Waals surface area contributed by atoms with Crippen molar-refractivity contribution >= 4 is 46.9 Å². The van der Waals surface area contributed by atoms with Crippen LogP contribution in [0.2, 0.25) is 10.0 Å². The smallest absolute Gasteiger partial charge is 0.333 e. The third kappa shape index (κ3) is 4.66. The zero-order chi connectivity index (χ0) is 21.1. The number of amides is 3. The van der Waals surface area contributed by atoms with Gasteiger partial charge in [0.05, 0.1) is 23.4 Å². The fraction of sp³-hybridized carbons (Fsp3) is 0.238. The van der Waals surface area contributed by atoms with E-state index in [0.717, 1.165) is 4.90 Å². The van der Waals surface area contributed by atoms with Crippen LogP contribution in [0.5, 0.6) is 11.5 Å². The molecule has 1 fully saturated rings. The summed E-state index contributed by atoms with van der Waals surface area (Å²) in [6.07, 6.45) is 1.45. The maximum atomic E-state index is 12.8. The number of anilines is 1. The molecule has 3 amide bonds. The number of carbonyl (C=O) groups is 2. The Morgan fingerprint density at radius 2 is 1.93 bits per heavy atom. The van der Waals surface area contributed by atoms with Crippen molar-refractivity contribution in [2.24, 2.45) is 0 Å². The average molecular weight is 435 g/mol. The lowest BCUT2D eigenvalue weighted by atomic mass is 10.1. The zero-order valence-corrected chi connectivity index (χ0v) is 17.7. The molecule has 0 aliphatic carbocycles. The highest BCUT2D eigenvalue weighted by molar-refractivity contribution is 6.33. The van der Waals surface area contributed by atoms with E-state index in [0.29, 0.717) is 39.4 Å². The number of hydrogen-bond donors (Lipinski definition) is 1. The lowest BCUT2D eigenvalue weighted by Crippen LogP contribution is -2.30. The number of nitrogens with zero attached hydrogens (tertiary/aromatic N) is 1. The van der Waals surface area contributed by atoms with Crippen molar-refractivity contribution in [1.82, 2.24) is 5.32 Å². The number of nitrogens with one attached hydrogen (secondary N) is 1. The van der Waals surface area contributed by atoms with Crippen LogP contribution in [0.3, 0.4) is 0 Å². The number of rotatable bonds is 6. The van der Waals surface area contributed by atoms with E-state index in [1.54, 1.807) is 42.5 Å². The Bertz CT molecular complexity index is 989. The van der Waals surface area contributed by atoms with E-state index in [1.165, 1.54) is 0 Å². The van der Waals surface area contributed by atoms with Gasteiger partial charge < -0.3 is 14.8 Å². The van der Waals surface area contributed by atoms with Crippen LogP contribution in [0.25, 0.3) is 6.08 Å². The lowest BCUT2D eigenvalue weighted by Gasteiger charge is -2.16. The molecular formula is C21H20Cl2N2O4. The molecule has 152 valence electrons. The van der Waals surface area contributed by atoms with Gasteiger partial charge in [-0.3, -0.25) is 4.79 Å². The van der Waals surface area contributed by atoms with E-state index in [4.69, 9.17) is 32.7 Å². The first-order valence-electron chi connectivity index (χ1n) is 9.05. The molecule has 0 atom stereocenters. The standard InChI is InChI=1S/C21H20Cl2N2O4/c1-4-28-18-10-13(8-16(23)19(18)29-12(2)3)9-17-20(26)25(21(27)24-17)15-7-5-6-14(22)11-15/h5-12H,4H2,1-3H3,(H,24,27). The van der Waals surface area contributed by atoms with Gasteiger partial charge in [0.1, 0.15) is 5.70 Å². The SMILES string of the molecule is CCOc1cc(C=C2NC(=O)N(c3cccc(Cl)c3)C2=O)cc(Cl)c1OC(C)C. The van der Waals surface area contributed by atoms with Crippen LogP contribution in [-0.4, -0.2) is 24.6 Å². The molecule has 0 spiro atoms. The van der Waals surface area contributed by atoms with Crippen LogP contribution in [0.15, 0.2) is 42.1 Å².